The number of alkyl carbamates (subject to hydrolysis) is 1. The van der Waals surface area contributed by atoms with Crippen LogP contribution >= 0.6 is 0 Å². The highest BCUT2D eigenvalue weighted by Crippen LogP contribution is 2.31. The van der Waals surface area contributed by atoms with Gasteiger partial charge in [0.1, 0.15) is 12.7 Å². The maximum absolute atomic E-state index is 11.7. The van der Waals surface area contributed by atoms with E-state index in [9.17, 15) is 9.59 Å². The van der Waals surface area contributed by atoms with Crippen LogP contribution in [0.5, 0.6) is 0 Å². The Morgan fingerprint density at radius 3 is 2.95 bits per heavy atom. The first-order valence-electron chi connectivity index (χ1n) is 7.74. The number of allylic oxidation sites excluding steroid dienone is 1. The summed E-state index contributed by atoms with van der Waals surface area (Å²) in [6, 6.07) is 0.0290. The van der Waals surface area contributed by atoms with Crippen LogP contribution in [0.15, 0.2) is 23.3 Å². The highest BCUT2D eigenvalue weighted by atomic mass is 16.6. The summed E-state index contributed by atoms with van der Waals surface area (Å²) in [6.07, 6.45) is 4.04. The maximum atomic E-state index is 11.7. The molecule has 1 fully saturated rings. The van der Waals surface area contributed by atoms with E-state index in [0.29, 0.717) is 12.1 Å². The number of nitrogens with zero attached hydrogens (tertiary/aromatic N) is 1. The Labute approximate surface area is 131 Å². The minimum absolute atomic E-state index is 0.0290. The fourth-order valence-corrected chi connectivity index (χ4v) is 2.83. The topological polar surface area (TPSA) is 67.9 Å². The van der Waals surface area contributed by atoms with E-state index < -0.39 is 0 Å². The number of hydrogen-bond acceptors (Lipinski definition) is 5. The molecule has 1 saturated heterocycles. The van der Waals surface area contributed by atoms with Gasteiger partial charge in [-0.15, -0.1) is 0 Å². The van der Waals surface area contributed by atoms with Gasteiger partial charge < -0.3 is 14.8 Å². The molecule has 0 unspecified atom stereocenters. The second-order valence-corrected chi connectivity index (χ2v) is 5.53. The first-order valence-corrected chi connectivity index (χ1v) is 7.74. The maximum Gasteiger partial charge on any atom is 0.407 e. The molecule has 1 N–H and O–H groups in total. The number of rotatable bonds is 5. The summed E-state index contributed by atoms with van der Waals surface area (Å²) in [5.74, 6) is -0.305. The lowest BCUT2D eigenvalue weighted by atomic mass is 10.1. The van der Waals surface area contributed by atoms with Gasteiger partial charge in [0.15, 0.2) is 0 Å². The molecule has 22 heavy (non-hydrogen) atoms. The predicted octanol–water partition coefficient (Wildman–Crippen LogP) is 1.62. The molecule has 0 aromatic carbocycles. The van der Waals surface area contributed by atoms with Gasteiger partial charge in [-0.1, -0.05) is 12.2 Å². The Balaban J connectivity index is 1.93. The summed E-state index contributed by atoms with van der Waals surface area (Å²) < 4.78 is 10.8. The second-order valence-electron chi connectivity index (χ2n) is 5.53. The molecule has 0 aromatic heterocycles. The fraction of sp³-hybridized carbons (Fsp3) is 0.625. The number of ether oxygens (including phenoxy) is 2. The third-order valence-corrected chi connectivity index (χ3v) is 4.12. The Bertz CT molecular complexity index is 498. The molecule has 0 aromatic rings. The van der Waals surface area contributed by atoms with Crippen LogP contribution in [0.3, 0.4) is 0 Å². The van der Waals surface area contributed by atoms with Crippen LogP contribution in [0.25, 0.3) is 0 Å². The quantitative estimate of drug-likeness (QED) is 0.475. The Kier molecular flexibility index (Phi) is 5.60. The standard InChI is InChI=1S/C16H24N2O4/c1-4-11(3)15(19)21-10-12-6-8-18-9-7-13(14(12)18)22-16(20)17-5-2/h4,6,13-14H,5,7-10H2,1-3H3,(H,17,20)/b11-4+/t13-,14-/m1/s1. The minimum atomic E-state index is -0.387. The molecular weight excluding hydrogens is 284 g/mol. The molecule has 2 aliphatic rings. The van der Waals surface area contributed by atoms with E-state index in [2.05, 4.69) is 16.3 Å². The second kappa shape index (κ2) is 7.45. The van der Waals surface area contributed by atoms with Crippen molar-refractivity contribution < 1.29 is 19.1 Å². The van der Waals surface area contributed by atoms with Crippen LogP contribution in [-0.2, 0) is 14.3 Å². The van der Waals surface area contributed by atoms with Gasteiger partial charge in [0.2, 0.25) is 0 Å². The molecule has 0 saturated carbocycles. The minimum Gasteiger partial charge on any atom is -0.458 e. The van der Waals surface area contributed by atoms with Crippen LogP contribution in [0, 0.1) is 0 Å². The van der Waals surface area contributed by atoms with Crippen molar-refractivity contribution in [1.82, 2.24) is 10.2 Å². The predicted molar refractivity (Wildman–Crippen MR) is 82.4 cm³/mol. The van der Waals surface area contributed by atoms with Crippen LogP contribution < -0.4 is 5.32 Å². The van der Waals surface area contributed by atoms with E-state index in [0.717, 1.165) is 25.1 Å². The summed E-state index contributed by atoms with van der Waals surface area (Å²) >= 11 is 0. The van der Waals surface area contributed by atoms with Crippen molar-refractivity contribution in [2.75, 3.05) is 26.2 Å². The van der Waals surface area contributed by atoms with Crippen LogP contribution in [0.2, 0.25) is 0 Å². The molecule has 0 aliphatic carbocycles. The highest BCUT2D eigenvalue weighted by Gasteiger charge is 2.41. The van der Waals surface area contributed by atoms with Gasteiger partial charge in [-0.3, -0.25) is 4.90 Å². The van der Waals surface area contributed by atoms with Crippen LogP contribution in [0.1, 0.15) is 27.2 Å². The van der Waals surface area contributed by atoms with Crippen molar-refractivity contribution in [3.63, 3.8) is 0 Å². The van der Waals surface area contributed by atoms with E-state index in [4.69, 9.17) is 9.47 Å². The van der Waals surface area contributed by atoms with Gasteiger partial charge in [-0.25, -0.2) is 9.59 Å². The highest BCUT2D eigenvalue weighted by molar-refractivity contribution is 5.87. The van der Waals surface area contributed by atoms with Crippen molar-refractivity contribution >= 4 is 12.1 Å². The Hall–Kier alpha value is -1.82. The fourth-order valence-electron chi connectivity index (χ4n) is 2.83. The van der Waals surface area contributed by atoms with Crippen molar-refractivity contribution in [2.45, 2.75) is 39.3 Å². The third-order valence-electron chi connectivity index (χ3n) is 4.12. The molecule has 2 heterocycles. The largest absolute Gasteiger partial charge is 0.458 e. The SMILES string of the molecule is C/C=C(\C)C(=O)OCC1=CCN2CC[C@@H](OC(=O)NCC)[C@@H]12. The van der Waals surface area contributed by atoms with E-state index in [1.807, 2.05) is 6.92 Å². The average molecular weight is 308 g/mol. The van der Waals surface area contributed by atoms with Gasteiger partial charge in [-0.05, 0) is 32.8 Å². The van der Waals surface area contributed by atoms with Crippen molar-refractivity contribution in [1.29, 1.82) is 0 Å². The molecular formula is C16H24N2O4. The third kappa shape index (κ3) is 3.68. The van der Waals surface area contributed by atoms with E-state index in [1.54, 1.807) is 19.9 Å². The molecule has 2 rings (SSSR count). The van der Waals surface area contributed by atoms with Gasteiger partial charge in [0, 0.05) is 25.2 Å². The van der Waals surface area contributed by atoms with Gasteiger partial charge in [-0.2, -0.15) is 0 Å². The monoisotopic (exact) mass is 308 g/mol. The Morgan fingerprint density at radius 2 is 2.27 bits per heavy atom. The number of esters is 1. The summed E-state index contributed by atoms with van der Waals surface area (Å²) in [5, 5.41) is 2.65. The molecule has 1 amide bonds. The van der Waals surface area contributed by atoms with Crippen LogP contribution in [0.4, 0.5) is 4.79 Å². The lowest BCUT2D eigenvalue weighted by Gasteiger charge is -2.24. The summed E-state index contributed by atoms with van der Waals surface area (Å²) in [5.41, 5.74) is 1.61. The van der Waals surface area contributed by atoms with Crippen molar-refractivity contribution in [3.05, 3.63) is 23.3 Å². The summed E-state index contributed by atoms with van der Waals surface area (Å²) in [4.78, 5) is 25.6. The van der Waals surface area contributed by atoms with E-state index >= 15 is 0 Å². The number of hydrogen-bond donors (Lipinski definition) is 1. The lowest BCUT2D eigenvalue weighted by Crippen LogP contribution is -2.38. The average Bonchev–Trinajstić information content (AvgIpc) is 3.07. The van der Waals surface area contributed by atoms with Crippen molar-refractivity contribution in [3.8, 4) is 0 Å². The number of carbonyl (C=O) groups excluding carboxylic acids is 2. The van der Waals surface area contributed by atoms with Crippen molar-refractivity contribution in [2.24, 2.45) is 0 Å². The zero-order valence-corrected chi connectivity index (χ0v) is 13.4. The molecule has 0 radical (unpaired) electrons. The molecule has 0 spiro atoms. The number of amides is 1. The first-order chi connectivity index (χ1) is 10.6. The smallest absolute Gasteiger partial charge is 0.407 e. The van der Waals surface area contributed by atoms with Crippen LogP contribution in [-0.4, -0.2) is 55.3 Å². The first kappa shape index (κ1) is 16.5. The van der Waals surface area contributed by atoms with Gasteiger partial charge >= 0.3 is 12.1 Å². The number of fused-ring (bicyclic) bond motifs is 1. The van der Waals surface area contributed by atoms with E-state index in [1.165, 1.54) is 0 Å². The zero-order valence-electron chi connectivity index (χ0n) is 13.4. The molecule has 2 aliphatic heterocycles. The molecule has 2 atom stereocenters. The molecule has 6 heteroatoms. The number of carbonyl (C=O) groups is 2. The number of nitrogens with one attached hydrogen (secondary N) is 1. The van der Waals surface area contributed by atoms with E-state index in [-0.39, 0.29) is 30.8 Å². The zero-order chi connectivity index (χ0) is 16.1. The normalized spacial score (nSPS) is 24.7. The van der Waals surface area contributed by atoms with Gasteiger partial charge in [0.25, 0.3) is 0 Å². The van der Waals surface area contributed by atoms with Gasteiger partial charge in [0.05, 0.1) is 6.04 Å². The molecule has 122 valence electrons. The summed E-state index contributed by atoms with van der Waals surface area (Å²) in [7, 11) is 0. The lowest BCUT2D eigenvalue weighted by molar-refractivity contribution is -0.138. The summed E-state index contributed by atoms with van der Waals surface area (Å²) in [6.45, 7) is 7.88. The molecule has 6 nitrogen and oxygen atoms in total. The Morgan fingerprint density at radius 1 is 1.50 bits per heavy atom. The molecule has 0 bridgehead atoms.